The maximum Gasteiger partial charge on any atom is 0.122 e. The average molecular weight is 300 g/mol. The molecule has 0 aliphatic carbocycles. The summed E-state index contributed by atoms with van der Waals surface area (Å²) < 4.78 is 6.52. The first-order chi connectivity index (χ1) is 8.08. The van der Waals surface area contributed by atoms with Gasteiger partial charge in [-0.1, -0.05) is 29.8 Å². The average Bonchev–Trinajstić information content (AvgIpc) is 2.29. The molecule has 1 aromatic rings. The van der Waals surface area contributed by atoms with Gasteiger partial charge in [-0.15, -0.1) is 0 Å². The highest BCUT2D eigenvalue weighted by Crippen LogP contribution is 2.27. The molecule has 0 fully saturated rings. The van der Waals surface area contributed by atoms with Gasteiger partial charge in [-0.25, -0.2) is 0 Å². The van der Waals surface area contributed by atoms with E-state index in [0.29, 0.717) is 11.8 Å². The molecule has 0 saturated carbocycles. The number of nitrogens with one attached hydrogen (secondary N) is 1. The molecule has 2 atom stereocenters. The minimum atomic E-state index is 0.630. The molecule has 96 valence electrons. The minimum absolute atomic E-state index is 0.630. The van der Waals surface area contributed by atoms with Gasteiger partial charge in [-0.05, 0) is 55.6 Å². The smallest absolute Gasteiger partial charge is 0.122 e. The van der Waals surface area contributed by atoms with Gasteiger partial charge in [0.2, 0.25) is 0 Å². The van der Waals surface area contributed by atoms with E-state index in [-0.39, 0.29) is 0 Å². The molecule has 1 rings (SSSR count). The molecule has 1 N–H and O–H groups in total. The Kier molecular flexibility index (Phi) is 6.00. The van der Waals surface area contributed by atoms with Gasteiger partial charge in [0.25, 0.3) is 0 Å². The largest absolute Gasteiger partial charge is 0.496 e. The van der Waals surface area contributed by atoms with Crippen LogP contribution in [0, 0.1) is 11.8 Å². The van der Waals surface area contributed by atoms with E-state index in [1.54, 1.807) is 7.11 Å². The third-order valence-electron chi connectivity index (χ3n) is 3.28. The van der Waals surface area contributed by atoms with E-state index in [1.165, 1.54) is 5.56 Å². The Labute approximate surface area is 113 Å². The molecular weight excluding hydrogens is 278 g/mol. The van der Waals surface area contributed by atoms with Crippen molar-refractivity contribution in [2.24, 2.45) is 11.8 Å². The van der Waals surface area contributed by atoms with Crippen molar-refractivity contribution in [1.82, 2.24) is 5.32 Å². The SMILES string of the molecule is CNCC(C)C(C)Cc1cc(Br)ccc1OC. The fourth-order valence-electron chi connectivity index (χ4n) is 1.98. The lowest BCUT2D eigenvalue weighted by atomic mass is 9.89. The van der Waals surface area contributed by atoms with E-state index in [4.69, 9.17) is 4.74 Å². The Morgan fingerprint density at radius 2 is 2.00 bits per heavy atom. The van der Waals surface area contributed by atoms with Crippen LogP contribution in [0.4, 0.5) is 0 Å². The topological polar surface area (TPSA) is 21.3 Å². The van der Waals surface area contributed by atoms with Gasteiger partial charge in [-0.3, -0.25) is 0 Å². The van der Waals surface area contributed by atoms with Crippen LogP contribution in [-0.2, 0) is 6.42 Å². The molecule has 0 aliphatic rings. The molecule has 3 heteroatoms. The van der Waals surface area contributed by atoms with Crippen molar-refractivity contribution in [1.29, 1.82) is 0 Å². The molecule has 17 heavy (non-hydrogen) atoms. The van der Waals surface area contributed by atoms with Crippen LogP contribution >= 0.6 is 15.9 Å². The predicted molar refractivity (Wildman–Crippen MR) is 76.7 cm³/mol. The van der Waals surface area contributed by atoms with Crippen LogP contribution < -0.4 is 10.1 Å². The summed E-state index contributed by atoms with van der Waals surface area (Å²) >= 11 is 3.52. The van der Waals surface area contributed by atoms with Crippen molar-refractivity contribution in [2.75, 3.05) is 20.7 Å². The summed E-state index contributed by atoms with van der Waals surface area (Å²) in [6.45, 7) is 5.63. The zero-order valence-electron chi connectivity index (χ0n) is 11.1. The number of hydrogen-bond acceptors (Lipinski definition) is 2. The number of methoxy groups -OCH3 is 1. The Morgan fingerprint density at radius 1 is 1.29 bits per heavy atom. The normalized spacial score (nSPS) is 14.4. The van der Waals surface area contributed by atoms with Crippen LogP contribution in [0.3, 0.4) is 0 Å². The summed E-state index contributed by atoms with van der Waals surface area (Å²) in [5.41, 5.74) is 1.28. The third kappa shape index (κ3) is 4.32. The highest BCUT2D eigenvalue weighted by atomic mass is 79.9. The molecular formula is C14H22BrNO. The zero-order chi connectivity index (χ0) is 12.8. The molecule has 2 unspecified atom stereocenters. The summed E-state index contributed by atoms with van der Waals surface area (Å²) in [6, 6.07) is 6.19. The number of rotatable bonds is 6. The van der Waals surface area contributed by atoms with Gasteiger partial charge in [-0.2, -0.15) is 0 Å². The van der Waals surface area contributed by atoms with Crippen LogP contribution in [0.5, 0.6) is 5.75 Å². The predicted octanol–water partition coefficient (Wildman–Crippen LogP) is 3.49. The summed E-state index contributed by atoms with van der Waals surface area (Å²) in [4.78, 5) is 0. The summed E-state index contributed by atoms with van der Waals surface area (Å²) in [5, 5.41) is 3.23. The van der Waals surface area contributed by atoms with E-state index in [9.17, 15) is 0 Å². The van der Waals surface area contributed by atoms with Crippen molar-refractivity contribution in [2.45, 2.75) is 20.3 Å². The fourth-order valence-corrected chi connectivity index (χ4v) is 2.39. The zero-order valence-corrected chi connectivity index (χ0v) is 12.7. The minimum Gasteiger partial charge on any atom is -0.496 e. The van der Waals surface area contributed by atoms with Crippen LogP contribution in [0.1, 0.15) is 19.4 Å². The maximum absolute atomic E-state index is 5.40. The van der Waals surface area contributed by atoms with E-state index >= 15 is 0 Å². The fraction of sp³-hybridized carbons (Fsp3) is 0.571. The van der Waals surface area contributed by atoms with Crippen molar-refractivity contribution in [3.05, 3.63) is 28.2 Å². The van der Waals surface area contributed by atoms with Gasteiger partial charge >= 0.3 is 0 Å². The molecule has 2 nitrogen and oxygen atoms in total. The molecule has 0 heterocycles. The Hall–Kier alpha value is -0.540. The van der Waals surface area contributed by atoms with Crippen LogP contribution in [0.25, 0.3) is 0 Å². The molecule has 1 aromatic carbocycles. The quantitative estimate of drug-likeness (QED) is 0.868. The van der Waals surface area contributed by atoms with Crippen LogP contribution in [0.15, 0.2) is 22.7 Å². The number of hydrogen-bond donors (Lipinski definition) is 1. The van der Waals surface area contributed by atoms with Crippen molar-refractivity contribution >= 4 is 15.9 Å². The van der Waals surface area contributed by atoms with Gasteiger partial charge in [0.15, 0.2) is 0 Å². The number of ether oxygens (including phenoxy) is 1. The standard InChI is InChI=1S/C14H22BrNO/c1-10(11(2)9-16-3)7-12-8-13(15)5-6-14(12)17-4/h5-6,8,10-11,16H,7,9H2,1-4H3. The van der Waals surface area contributed by atoms with Crippen molar-refractivity contribution in [3.63, 3.8) is 0 Å². The van der Waals surface area contributed by atoms with E-state index < -0.39 is 0 Å². The van der Waals surface area contributed by atoms with Gasteiger partial charge in [0.1, 0.15) is 5.75 Å². The monoisotopic (exact) mass is 299 g/mol. The van der Waals surface area contributed by atoms with E-state index in [2.05, 4.69) is 41.2 Å². The second-order valence-electron chi connectivity index (χ2n) is 4.67. The second kappa shape index (κ2) is 7.02. The highest BCUT2D eigenvalue weighted by molar-refractivity contribution is 9.10. The Balaban J connectivity index is 2.76. The summed E-state index contributed by atoms with van der Waals surface area (Å²) in [6.07, 6.45) is 1.05. The maximum atomic E-state index is 5.40. The van der Waals surface area contributed by atoms with Crippen LogP contribution in [-0.4, -0.2) is 20.7 Å². The molecule has 0 saturated heterocycles. The van der Waals surface area contributed by atoms with Gasteiger partial charge < -0.3 is 10.1 Å². The van der Waals surface area contributed by atoms with Crippen molar-refractivity contribution < 1.29 is 4.74 Å². The Morgan fingerprint density at radius 3 is 2.59 bits per heavy atom. The van der Waals surface area contributed by atoms with Crippen LogP contribution in [0.2, 0.25) is 0 Å². The summed E-state index contributed by atoms with van der Waals surface area (Å²) in [7, 11) is 3.73. The molecule has 0 amide bonds. The lowest BCUT2D eigenvalue weighted by molar-refractivity contribution is 0.362. The Bertz CT molecular complexity index is 354. The molecule has 0 spiro atoms. The first-order valence-electron chi connectivity index (χ1n) is 6.05. The molecule has 0 bridgehead atoms. The lowest BCUT2D eigenvalue weighted by Gasteiger charge is -2.20. The van der Waals surface area contributed by atoms with Crippen molar-refractivity contribution in [3.8, 4) is 5.75 Å². The first-order valence-corrected chi connectivity index (χ1v) is 6.84. The van der Waals surface area contributed by atoms with E-state index in [1.807, 2.05) is 19.2 Å². The van der Waals surface area contributed by atoms with Gasteiger partial charge in [0, 0.05) is 4.47 Å². The molecule has 0 aliphatic heterocycles. The molecule has 0 aromatic heterocycles. The second-order valence-corrected chi connectivity index (χ2v) is 5.59. The summed E-state index contributed by atoms with van der Waals surface area (Å²) in [5.74, 6) is 2.27. The number of halogens is 1. The number of benzene rings is 1. The highest BCUT2D eigenvalue weighted by Gasteiger charge is 2.14. The van der Waals surface area contributed by atoms with E-state index in [0.717, 1.165) is 23.2 Å². The third-order valence-corrected chi connectivity index (χ3v) is 3.78. The molecule has 0 radical (unpaired) electrons. The first kappa shape index (κ1) is 14.5. The van der Waals surface area contributed by atoms with Gasteiger partial charge in [0.05, 0.1) is 7.11 Å². The lowest BCUT2D eigenvalue weighted by Crippen LogP contribution is -2.23.